The molecule has 0 unspecified atom stereocenters. The number of phenolic OH excluding ortho intramolecular Hbond substituents is 1. The first-order valence-electron chi connectivity index (χ1n) is 7.95. The summed E-state index contributed by atoms with van der Waals surface area (Å²) < 4.78 is 5.10. The third-order valence-electron chi connectivity index (χ3n) is 3.50. The van der Waals surface area contributed by atoms with Crippen molar-refractivity contribution < 1.29 is 14.6 Å². The van der Waals surface area contributed by atoms with Crippen molar-refractivity contribution in [3.63, 3.8) is 0 Å². The van der Waals surface area contributed by atoms with Gasteiger partial charge in [0.2, 0.25) is 11.1 Å². The number of benzene rings is 2. The van der Waals surface area contributed by atoms with Gasteiger partial charge >= 0.3 is 0 Å². The van der Waals surface area contributed by atoms with Crippen molar-refractivity contribution in [1.29, 1.82) is 0 Å². The van der Waals surface area contributed by atoms with Gasteiger partial charge in [-0.3, -0.25) is 4.79 Å². The Labute approximate surface area is 159 Å². The van der Waals surface area contributed by atoms with Gasteiger partial charge in [0.1, 0.15) is 11.5 Å². The van der Waals surface area contributed by atoms with Crippen LogP contribution < -0.4 is 10.2 Å². The third kappa shape index (κ3) is 5.08. The standard InChI is InChI=1S/C18H17N5O3S/c1-26-14-7-8-15(24)13(9-14)10-19-21-17-20-18(23-22-17)27-11-16(25)12-5-3-2-4-6-12/h2-10,24H,11H2,1H3,(H2,20,21,22,23)/b19-10+. The zero-order valence-electron chi connectivity index (χ0n) is 14.4. The summed E-state index contributed by atoms with van der Waals surface area (Å²) in [6, 6.07) is 13.9. The molecule has 9 heteroatoms. The minimum absolute atomic E-state index is 0.00595. The van der Waals surface area contributed by atoms with E-state index in [1.807, 2.05) is 18.2 Å². The van der Waals surface area contributed by atoms with E-state index < -0.39 is 0 Å². The molecule has 0 bridgehead atoms. The molecule has 3 N–H and O–H groups in total. The first-order valence-corrected chi connectivity index (χ1v) is 8.94. The van der Waals surface area contributed by atoms with Gasteiger partial charge in [-0.05, 0) is 18.2 Å². The molecule has 0 fully saturated rings. The average molecular weight is 383 g/mol. The lowest BCUT2D eigenvalue weighted by molar-refractivity contribution is 0.102. The van der Waals surface area contributed by atoms with Crippen molar-refractivity contribution in [3.8, 4) is 11.5 Å². The van der Waals surface area contributed by atoms with Crippen molar-refractivity contribution in [1.82, 2.24) is 15.2 Å². The Morgan fingerprint density at radius 2 is 2.15 bits per heavy atom. The molecule has 0 amide bonds. The zero-order chi connectivity index (χ0) is 19.1. The van der Waals surface area contributed by atoms with E-state index in [2.05, 4.69) is 25.7 Å². The highest BCUT2D eigenvalue weighted by atomic mass is 32.2. The zero-order valence-corrected chi connectivity index (χ0v) is 15.2. The quantitative estimate of drug-likeness (QED) is 0.237. The van der Waals surface area contributed by atoms with E-state index in [1.54, 1.807) is 31.4 Å². The third-order valence-corrected chi connectivity index (χ3v) is 4.35. The van der Waals surface area contributed by atoms with E-state index in [4.69, 9.17) is 4.74 Å². The molecule has 0 spiro atoms. The lowest BCUT2D eigenvalue weighted by Gasteiger charge is -2.02. The number of thioether (sulfide) groups is 1. The van der Waals surface area contributed by atoms with Crippen LogP contribution in [0.1, 0.15) is 15.9 Å². The number of methoxy groups -OCH3 is 1. The lowest BCUT2D eigenvalue weighted by atomic mass is 10.2. The number of anilines is 1. The average Bonchev–Trinajstić information content (AvgIpc) is 3.16. The number of ether oxygens (including phenoxy) is 1. The van der Waals surface area contributed by atoms with Gasteiger partial charge < -0.3 is 9.84 Å². The molecule has 1 heterocycles. The minimum Gasteiger partial charge on any atom is -0.507 e. The Bertz CT molecular complexity index is 943. The number of rotatable bonds is 8. The highest BCUT2D eigenvalue weighted by molar-refractivity contribution is 7.99. The highest BCUT2D eigenvalue weighted by Gasteiger charge is 2.09. The smallest absolute Gasteiger partial charge is 0.240 e. The summed E-state index contributed by atoms with van der Waals surface area (Å²) in [5, 5.41) is 20.9. The molecule has 0 saturated heterocycles. The molecule has 0 atom stereocenters. The Balaban J connectivity index is 1.54. The molecule has 27 heavy (non-hydrogen) atoms. The number of hydrazone groups is 1. The van der Waals surface area contributed by atoms with Crippen LogP contribution in [0.2, 0.25) is 0 Å². The van der Waals surface area contributed by atoms with Crippen LogP contribution in [0, 0.1) is 0 Å². The van der Waals surface area contributed by atoms with E-state index in [9.17, 15) is 9.90 Å². The van der Waals surface area contributed by atoms with Gasteiger partial charge in [-0.1, -0.05) is 42.1 Å². The summed E-state index contributed by atoms with van der Waals surface area (Å²) in [4.78, 5) is 16.3. The van der Waals surface area contributed by atoms with Crippen molar-refractivity contribution in [2.45, 2.75) is 5.16 Å². The fourth-order valence-corrected chi connectivity index (χ4v) is 2.82. The van der Waals surface area contributed by atoms with Crippen LogP contribution in [0.4, 0.5) is 5.95 Å². The SMILES string of the molecule is COc1ccc(O)c(/C=N/Nc2nc(SCC(=O)c3ccccc3)n[nH]2)c1. The Hall–Kier alpha value is -3.33. The highest BCUT2D eigenvalue weighted by Crippen LogP contribution is 2.21. The molecule has 0 aliphatic carbocycles. The van der Waals surface area contributed by atoms with Crippen molar-refractivity contribution in [2.24, 2.45) is 5.10 Å². The first kappa shape index (κ1) is 18.5. The van der Waals surface area contributed by atoms with Crippen LogP contribution in [-0.2, 0) is 0 Å². The molecular weight excluding hydrogens is 366 g/mol. The molecule has 3 aromatic rings. The summed E-state index contributed by atoms with van der Waals surface area (Å²) in [5.41, 5.74) is 3.83. The van der Waals surface area contributed by atoms with Crippen LogP contribution in [0.5, 0.6) is 11.5 Å². The fraction of sp³-hybridized carbons (Fsp3) is 0.111. The summed E-state index contributed by atoms with van der Waals surface area (Å²) >= 11 is 1.23. The van der Waals surface area contributed by atoms with Gasteiger partial charge in [-0.25, -0.2) is 10.5 Å². The molecule has 1 aromatic heterocycles. The maximum Gasteiger partial charge on any atom is 0.240 e. The summed E-state index contributed by atoms with van der Waals surface area (Å²) in [6.07, 6.45) is 1.44. The molecule has 3 rings (SSSR count). The number of hydrogen-bond donors (Lipinski definition) is 3. The topological polar surface area (TPSA) is 112 Å². The maximum atomic E-state index is 12.1. The fourth-order valence-electron chi connectivity index (χ4n) is 2.12. The number of carbonyl (C=O) groups is 1. The van der Waals surface area contributed by atoms with Crippen LogP contribution >= 0.6 is 11.8 Å². The number of aromatic nitrogens is 3. The Morgan fingerprint density at radius 1 is 1.33 bits per heavy atom. The molecule has 138 valence electrons. The number of hydrogen-bond acceptors (Lipinski definition) is 8. The number of aromatic amines is 1. The molecule has 0 aliphatic rings. The maximum absolute atomic E-state index is 12.1. The summed E-state index contributed by atoms with van der Waals surface area (Å²) in [7, 11) is 1.54. The van der Waals surface area contributed by atoms with E-state index in [0.29, 0.717) is 28.0 Å². The van der Waals surface area contributed by atoms with Crippen LogP contribution in [0.15, 0.2) is 58.8 Å². The van der Waals surface area contributed by atoms with E-state index in [0.717, 1.165) is 0 Å². The predicted octanol–water partition coefficient (Wildman–Crippen LogP) is 2.94. The summed E-state index contributed by atoms with van der Waals surface area (Å²) in [5.74, 6) is 1.25. The van der Waals surface area contributed by atoms with Crippen LogP contribution in [0.25, 0.3) is 0 Å². The normalized spacial score (nSPS) is 10.9. The second kappa shape index (κ2) is 8.86. The van der Waals surface area contributed by atoms with E-state index in [-0.39, 0.29) is 17.3 Å². The second-order valence-corrected chi connectivity index (χ2v) is 6.28. The van der Waals surface area contributed by atoms with Gasteiger partial charge in [0.05, 0.1) is 19.1 Å². The number of H-pyrrole nitrogens is 1. The number of phenols is 1. The Kier molecular flexibility index (Phi) is 6.06. The molecule has 8 nitrogen and oxygen atoms in total. The molecule has 0 aliphatic heterocycles. The number of aromatic hydroxyl groups is 1. The Morgan fingerprint density at radius 3 is 2.93 bits per heavy atom. The lowest BCUT2D eigenvalue weighted by Crippen LogP contribution is -2.02. The molecular formula is C18H17N5O3S. The number of nitrogens with zero attached hydrogens (tertiary/aromatic N) is 3. The van der Waals surface area contributed by atoms with Crippen molar-refractivity contribution in [2.75, 3.05) is 18.3 Å². The molecule has 2 aromatic carbocycles. The predicted molar refractivity (Wildman–Crippen MR) is 104 cm³/mol. The van der Waals surface area contributed by atoms with E-state index in [1.165, 1.54) is 24.0 Å². The van der Waals surface area contributed by atoms with Gasteiger partial charge in [0.25, 0.3) is 0 Å². The number of nitrogens with one attached hydrogen (secondary N) is 2. The number of carbonyl (C=O) groups excluding carboxylic acids is 1. The van der Waals surface area contributed by atoms with Gasteiger partial charge in [-0.2, -0.15) is 10.1 Å². The number of ketones is 1. The summed E-state index contributed by atoms with van der Waals surface area (Å²) in [6.45, 7) is 0. The van der Waals surface area contributed by atoms with Gasteiger partial charge in [0, 0.05) is 11.1 Å². The second-order valence-electron chi connectivity index (χ2n) is 5.34. The van der Waals surface area contributed by atoms with Crippen LogP contribution in [-0.4, -0.2) is 45.1 Å². The van der Waals surface area contributed by atoms with Crippen molar-refractivity contribution >= 4 is 29.7 Å². The van der Waals surface area contributed by atoms with Crippen molar-refractivity contribution in [3.05, 3.63) is 59.7 Å². The van der Waals surface area contributed by atoms with E-state index >= 15 is 0 Å². The minimum atomic E-state index is 0.00595. The van der Waals surface area contributed by atoms with Crippen LogP contribution in [0.3, 0.4) is 0 Å². The molecule has 0 saturated carbocycles. The van der Waals surface area contributed by atoms with Gasteiger partial charge in [-0.15, -0.1) is 5.10 Å². The largest absolute Gasteiger partial charge is 0.507 e. The van der Waals surface area contributed by atoms with Gasteiger partial charge in [0.15, 0.2) is 5.78 Å². The first-order chi connectivity index (χ1) is 13.2. The monoisotopic (exact) mass is 383 g/mol. The molecule has 0 radical (unpaired) electrons. The number of Topliss-reactive ketones (excluding diaryl/α,β-unsaturated/α-hetero) is 1.